The number of nitrogens with one attached hydrogen (secondary N) is 1. The summed E-state index contributed by atoms with van der Waals surface area (Å²) >= 11 is 1.95. The van der Waals surface area contributed by atoms with Crippen molar-refractivity contribution in [2.75, 3.05) is 24.2 Å². The van der Waals surface area contributed by atoms with Crippen molar-refractivity contribution in [2.45, 2.75) is 44.1 Å². The molecule has 1 N–H and O–H groups in total. The number of nitrogens with zero attached hydrogens (tertiary/aromatic N) is 5. The first-order valence-corrected chi connectivity index (χ1v) is 13.2. The number of piperidine rings is 1. The van der Waals surface area contributed by atoms with Gasteiger partial charge in [-0.25, -0.2) is 10.4 Å². The molecule has 1 atom stereocenters. The molecule has 0 radical (unpaired) electrons. The van der Waals surface area contributed by atoms with E-state index < -0.39 is 12.5 Å². The molecule has 1 aromatic heterocycles. The third-order valence-electron chi connectivity index (χ3n) is 6.40. The first-order valence-electron chi connectivity index (χ1n) is 11.9. The van der Waals surface area contributed by atoms with Gasteiger partial charge in [-0.1, -0.05) is 17.3 Å². The molecule has 2 aliphatic rings. The van der Waals surface area contributed by atoms with E-state index in [-0.39, 0.29) is 17.5 Å². The number of benzene rings is 2. The van der Waals surface area contributed by atoms with Gasteiger partial charge in [0.25, 0.3) is 5.89 Å². The molecule has 1 saturated heterocycles. The smallest absolute Gasteiger partial charge is 0.406 e. The number of anilines is 1. The number of ether oxygens (including phenoxy) is 1. The highest BCUT2D eigenvalue weighted by Crippen LogP contribution is 2.29. The zero-order chi connectivity index (χ0) is 26.0. The lowest BCUT2D eigenvalue weighted by Crippen LogP contribution is -2.37. The van der Waals surface area contributed by atoms with Crippen molar-refractivity contribution in [1.29, 1.82) is 0 Å². The summed E-state index contributed by atoms with van der Waals surface area (Å²) in [6, 6.07) is 13.8. The fourth-order valence-corrected chi connectivity index (χ4v) is 5.13. The molecule has 5 rings (SSSR count). The van der Waals surface area contributed by atoms with Gasteiger partial charge in [0.2, 0.25) is 5.82 Å². The minimum Gasteiger partial charge on any atom is -0.406 e. The van der Waals surface area contributed by atoms with Crippen LogP contribution in [0.4, 0.5) is 18.9 Å². The van der Waals surface area contributed by atoms with Crippen molar-refractivity contribution in [3.63, 3.8) is 0 Å². The van der Waals surface area contributed by atoms with Gasteiger partial charge in [-0.15, -0.1) is 13.2 Å². The van der Waals surface area contributed by atoms with Crippen LogP contribution in [0, 0.1) is 0 Å². The van der Waals surface area contributed by atoms with Gasteiger partial charge < -0.3 is 14.2 Å². The Labute approximate surface area is 216 Å². The molecule has 3 heterocycles. The van der Waals surface area contributed by atoms with Crippen LogP contribution < -0.4 is 15.1 Å². The molecule has 2 aromatic carbocycles. The molecule has 37 heavy (non-hydrogen) atoms. The van der Waals surface area contributed by atoms with Gasteiger partial charge in [-0.05, 0) is 68.0 Å². The molecule has 8 nitrogen and oxygen atoms in total. The van der Waals surface area contributed by atoms with Crippen LogP contribution in [-0.2, 0) is 6.54 Å². The number of hydrogen-bond donors (Lipinski definition) is 1. The van der Waals surface area contributed by atoms with Crippen LogP contribution in [0.25, 0.3) is 11.4 Å². The minimum absolute atomic E-state index is 0.250. The minimum atomic E-state index is -4.75. The molecule has 0 spiro atoms. The molecule has 3 aromatic rings. The van der Waals surface area contributed by atoms with Gasteiger partial charge in [0.1, 0.15) is 11.6 Å². The standard InChI is InChI=1S/C25H27F3N6O2S/c1-16-29-23(24-30-22(32-36-24)18-6-8-20(9-7-18)35-25(26,27)28)31-34(16)15-17-4-3-5-19(14-17)33-12-10-21(37-2)11-13-33/h3-9,14,21,23,31H,10-13,15H2,1-2H3. The third kappa shape index (κ3) is 6.19. The highest BCUT2D eigenvalue weighted by molar-refractivity contribution is 7.99. The lowest BCUT2D eigenvalue weighted by molar-refractivity contribution is -0.274. The van der Waals surface area contributed by atoms with Crippen LogP contribution in [0.5, 0.6) is 5.75 Å². The summed E-state index contributed by atoms with van der Waals surface area (Å²) < 4.78 is 46.5. The van der Waals surface area contributed by atoms with Gasteiger partial charge >= 0.3 is 6.36 Å². The molecule has 2 aliphatic heterocycles. The summed E-state index contributed by atoms with van der Waals surface area (Å²) in [5.74, 6) is 0.976. The Balaban J connectivity index is 1.21. The van der Waals surface area contributed by atoms with Crippen LogP contribution in [0.3, 0.4) is 0 Å². The van der Waals surface area contributed by atoms with Crippen molar-refractivity contribution < 1.29 is 22.4 Å². The van der Waals surface area contributed by atoms with E-state index in [0.29, 0.717) is 12.1 Å². The van der Waals surface area contributed by atoms with Gasteiger partial charge in [-0.2, -0.15) is 16.7 Å². The largest absolute Gasteiger partial charge is 0.573 e. The maximum Gasteiger partial charge on any atom is 0.573 e. The highest BCUT2D eigenvalue weighted by Gasteiger charge is 2.31. The number of amidine groups is 1. The maximum absolute atomic E-state index is 12.4. The topological polar surface area (TPSA) is 79.0 Å². The van der Waals surface area contributed by atoms with E-state index in [0.717, 1.165) is 29.7 Å². The second-order valence-electron chi connectivity index (χ2n) is 8.91. The van der Waals surface area contributed by atoms with Gasteiger partial charge in [0.15, 0.2) is 6.17 Å². The summed E-state index contributed by atoms with van der Waals surface area (Å²) in [4.78, 5) is 11.4. The highest BCUT2D eigenvalue weighted by atomic mass is 32.2. The van der Waals surface area contributed by atoms with E-state index in [1.54, 1.807) is 0 Å². The SMILES string of the molecule is CSC1CCN(c2cccc(CN3NC(c4nc(-c5ccc(OC(F)(F)F)cc5)no4)N=C3C)c2)CC1. The van der Waals surface area contributed by atoms with Crippen LogP contribution in [0.1, 0.15) is 37.4 Å². The molecular formula is C25H27F3N6O2S. The number of rotatable bonds is 7. The quantitative estimate of drug-likeness (QED) is 0.433. The predicted molar refractivity (Wildman–Crippen MR) is 136 cm³/mol. The van der Waals surface area contributed by atoms with Gasteiger partial charge in [0.05, 0.1) is 6.54 Å². The monoisotopic (exact) mass is 532 g/mol. The second-order valence-corrected chi connectivity index (χ2v) is 10.1. The Hall–Kier alpha value is -3.25. The van der Waals surface area contributed by atoms with E-state index >= 15 is 0 Å². The van der Waals surface area contributed by atoms with E-state index in [9.17, 15) is 13.2 Å². The predicted octanol–water partition coefficient (Wildman–Crippen LogP) is 5.40. The Morgan fingerprint density at radius 3 is 2.59 bits per heavy atom. The number of thioether (sulfide) groups is 1. The maximum atomic E-state index is 12.4. The fraction of sp³-hybridized carbons (Fsp3) is 0.400. The van der Waals surface area contributed by atoms with Gasteiger partial charge in [-0.3, -0.25) is 5.01 Å². The summed E-state index contributed by atoms with van der Waals surface area (Å²) in [5, 5.41) is 6.65. The van der Waals surface area contributed by atoms with Crippen molar-refractivity contribution in [2.24, 2.45) is 4.99 Å². The van der Waals surface area contributed by atoms with Crippen LogP contribution in [0.2, 0.25) is 0 Å². The Bertz CT molecular complexity index is 1240. The average Bonchev–Trinajstić information content (AvgIpc) is 3.51. The number of hydrazine groups is 1. The first kappa shape index (κ1) is 25.4. The molecule has 0 aliphatic carbocycles. The number of aliphatic imine (C=N–C) groups is 1. The zero-order valence-corrected chi connectivity index (χ0v) is 21.2. The Kier molecular flexibility index (Phi) is 7.29. The van der Waals surface area contributed by atoms with E-state index in [2.05, 4.69) is 60.7 Å². The van der Waals surface area contributed by atoms with E-state index in [1.807, 2.05) is 23.7 Å². The summed E-state index contributed by atoms with van der Waals surface area (Å²) in [6.45, 7) is 4.65. The lowest BCUT2D eigenvalue weighted by atomic mass is 10.1. The van der Waals surface area contributed by atoms with Crippen LogP contribution >= 0.6 is 11.8 Å². The number of halogens is 3. The zero-order valence-electron chi connectivity index (χ0n) is 20.4. The average molecular weight is 533 g/mol. The van der Waals surface area contributed by atoms with Crippen LogP contribution in [0.15, 0.2) is 58.0 Å². The Morgan fingerprint density at radius 1 is 1.14 bits per heavy atom. The molecule has 0 amide bonds. The molecule has 0 saturated carbocycles. The molecular weight excluding hydrogens is 505 g/mol. The molecule has 1 fully saturated rings. The fourth-order valence-electron chi connectivity index (χ4n) is 4.45. The first-order chi connectivity index (χ1) is 17.8. The van der Waals surface area contributed by atoms with Crippen molar-refractivity contribution >= 4 is 23.3 Å². The lowest BCUT2D eigenvalue weighted by Gasteiger charge is -2.33. The molecule has 196 valence electrons. The second kappa shape index (κ2) is 10.6. The third-order valence-corrected chi connectivity index (χ3v) is 7.54. The molecule has 12 heteroatoms. The van der Waals surface area contributed by atoms with Crippen molar-refractivity contribution in [1.82, 2.24) is 20.6 Å². The summed E-state index contributed by atoms with van der Waals surface area (Å²) in [5.41, 5.74) is 6.17. The van der Waals surface area contributed by atoms with Gasteiger partial charge in [0, 0.05) is 29.6 Å². The Morgan fingerprint density at radius 2 is 1.89 bits per heavy atom. The number of aromatic nitrogens is 2. The van der Waals surface area contributed by atoms with Crippen molar-refractivity contribution in [3.05, 3.63) is 60.0 Å². The van der Waals surface area contributed by atoms with Crippen molar-refractivity contribution in [3.8, 4) is 17.1 Å². The van der Waals surface area contributed by atoms with Crippen LogP contribution in [-0.4, -0.2) is 51.9 Å². The molecule has 1 unspecified atom stereocenters. The van der Waals surface area contributed by atoms with E-state index in [1.165, 1.54) is 42.8 Å². The summed E-state index contributed by atoms with van der Waals surface area (Å²) in [7, 11) is 0. The number of hydrogen-bond acceptors (Lipinski definition) is 9. The number of alkyl halides is 3. The van der Waals surface area contributed by atoms with E-state index in [4.69, 9.17) is 4.52 Å². The normalized spacial score (nSPS) is 18.8. The molecule has 0 bridgehead atoms. The summed E-state index contributed by atoms with van der Waals surface area (Å²) in [6.07, 6.45) is -0.718.